The molecule has 0 aliphatic heterocycles. The standard InChI is InChI=1S/C30H22N8O8S4/c39-27(35-33-17-21-5-11-25(45-21)19-1-7-23(8-2-19)49(41,42)37-29-31-13-15-47-29)28(40)36-34-18-22-6-12-26(46-22)20-3-9-24(10-4-20)50(43,44)38-30-32-14-16-48-30/h1-18H,(H,31,37)(H,32,38)(H,35,39)(H,36,40)/b33-17-,34-18-. The fourth-order valence-electron chi connectivity index (χ4n) is 4.06. The average Bonchev–Trinajstić information content (AvgIpc) is 3.94. The molecule has 254 valence electrons. The summed E-state index contributed by atoms with van der Waals surface area (Å²) in [5.41, 5.74) is 5.29. The van der Waals surface area contributed by atoms with Gasteiger partial charge in [0.2, 0.25) is 0 Å². The molecule has 6 rings (SSSR count). The number of rotatable bonds is 12. The molecule has 0 saturated carbocycles. The van der Waals surface area contributed by atoms with Crippen LogP contribution in [0.15, 0.2) is 125 Å². The number of carbonyl (C=O) groups excluding carboxylic acids is 2. The summed E-state index contributed by atoms with van der Waals surface area (Å²) in [4.78, 5) is 32.2. The van der Waals surface area contributed by atoms with Gasteiger partial charge in [-0.1, -0.05) is 0 Å². The van der Waals surface area contributed by atoms with E-state index < -0.39 is 31.9 Å². The van der Waals surface area contributed by atoms with Gasteiger partial charge in [0.1, 0.15) is 23.0 Å². The molecule has 20 heteroatoms. The van der Waals surface area contributed by atoms with Crippen molar-refractivity contribution < 1.29 is 35.3 Å². The Labute approximate surface area is 291 Å². The average molecular weight is 751 g/mol. The number of hydrogen-bond donors (Lipinski definition) is 4. The van der Waals surface area contributed by atoms with Gasteiger partial charge in [-0.25, -0.2) is 37.7 Å². The second-order valence-corrected chi connectivity index (χ2v) is 14.9. The highest BCUT2D eigenvalue weighted by Gasteiger charge is 2.18. The summed E-state index contributed by atoms with van der Waals surface area (Å²) >= 11 is 2.32. The van der Waals surface area contributed by atoms with Gasteiger partial charge in [-0.15, -0.1) is 22.7 Å². The number of furan rings is 2. The van der Waals surface area contributed by atoms with Crippen molar-refractivity contribution in [2.45, 2.75) is 9.79 Å². The van der Waals surface area contributed by atoms with Gasteiger partial charge in [0.05, 0.1) is 22.2 Å². The summed E-state index contributed by atoms with van der Waals surface area (Å²) < 4.78 is 66.3. The molecule has 6 aromatic rings. The zero-order valence-electron chi connectivity index (χ0n) is 25.1. The topological polar surface area (TPSA) is 227 Å². The molecular formula is C30H22N8O8S4. The molecular weight excluding hydrogens is 729 g/mol. The Morgan fingerprint density at radius 3 is 1.36 bits per heavy atom. The second kappa shape index (κ2) is 14.7. The third kappa shape index (κ3) is 8.36. The minimum Gasteiger partial charge on any atom is -0.455 e. The normalized spacial score (nSPS) is 11.9. The molecule has 0 bridgehead atoms. The summed E-state index contributed by atoms with van der Waals surface area (Å²) in [6.07, 6.45) is 5.34. The van der Waals surface area contributed by atoms with Crippen LogP contribution in [0.3, 0.4) is 0 Å². The highest BCUT2D eigenvalue weighted by Crippen LogP contribution is 2.26. The minimum absolute atomic E-state index is 0.0449. The maximum atomic E-state index is 12.5. The molecule has 4 heterocycles. The lowest BCUT2D eigenvalue weighted by atomic mass is 10.2. The van der Waals surface area contributed by atoms with Gasteiger partial charge in [-0.05, 0) is 72.8 Å². The van der Waals surface area contributed by atoms with Crippen LogP contribution in [-0.2, 0) is 29.6 Å². The van der Waals surface area contributed by atoms with E-state index in [1.54, 1.807) is 59.3 Å². The van der Waals surface area contributed by atoms with Crippen LogP contribution in [0, 0.1) is 0 Å². The fourth-order valence-corrected chi connectivity index (χ4v) is 7.63. The lowest BCUT2D eigenvalue weighted by Crippen LogP contribution is -2.35. The Hall–Kier alpha value is -5.96. The van der Waals surface area contributed by atoms with E-state index in [1.807, 2.05) is 0 Å². The maximum Gasteiger partial charge on any atom is 0.331 e. The molecule has 0 saturated heterocycles. The van der Waals surface area contributed by atoms with Crippen molar-refractivity contribution in [3.8, 4) is 22.6 Å². The number of amides is 2. The molecule has 0 spiro atoms. The SMILES string of the molecule is O=C(N/N=C\c1ccc(-c2ccc(S(=O)(=O)Nc3nccs3)cc2)o1)C(=O)N/N=C\c1ccc(-c2ccc(S(=O)(=O)Nc3nccs3)cc2)o1. The zero-order chi connectivity index (χ0) is 35.1. The number of thiazole rings is 2. The van der Waals surface area contributed by atoms with E-state index in [0.29, 0.717) is 22.6 Å². The number of nitrogens with one attached hydrogen (secondary N) is 4. The van der Waals surface area contributed by atoms with Crippen LogP contribution in [-0.4, -0.2) is 51.0 Å². The first kappa shape index (κ1) is 33.9. The maximum absolute atomic E-state index is 12.5. The van der Waals surface area contributed by atoms with Crippen molar-refractivity contribution in [3.63, 3.8) is 0 Å². The number of aromatic nitrogens is 2. The molecule has 0 aliphatic carbocycles. The van der Waals surface area contributed by atoms with E-state index >= 15 is 0 Å². The van der Waals surface area contributed by atoms with Crippen LogP contribution in [0.4, 0.5) is 10.3 Å². The van der Waals surface area contributed by atoms with Crippen molar-refractivity contribution in [2.75, 3.05) is 9.44 Å². The number of sulfonamides is 2. The molecule has 4 N–H and O–H groups in total. The summed E-state index contributed by atoms with van der Waals surface area (Å²) in [6.45, 7) is 0. The number of benzene rings is 2. The van der Waals surface area contributed by atoms with E-state index in [4.69, 9.17) is 8.83 Å². The Balaban J connectivity index is 0.970. The summed E-state index contributed by atoms with van der Waals surface area (Å²) in [6, 6.07) is 18.4. The van der Waals surface area contributed by atoms with E-state index in [0.717, 1.165) is 22.7 Å². The van der Waals surface area contributed by atoms with Crippen molar-refractivity contribution in [2.24, 2.45) is 10.2 Å². The molecule has 0 unspecified atom stereocenters. The number of anilines is 2. The number of nitrogens with zero attached hydrogens (tertiary/aromatic N) is 4. The first-order valence-corrected chi connectivity index (χ1v) is 18.7. The van der Waals surface area contributed by atoms with Gasteiger partial charge in [-0.3, -0.25) is 19.0 Å². The molecule has 2 aromatic carbocycles. The zero-order valence-corrected chi connectivity index (χ0v) is 28.3. The largest absolute Gasteiger partial charge is 0.455 e. The molecule has 0 atom stereocenters. The van der Waals surface area contributed by atoms with Crippen LogP contribution in [0.1, 0.15) is 11.5 Å². The fraction of sp³-hybridized carbons (Fsp3) is 0. The van der Waals surface area contributed by atoms with Gasteiger partial charge in [0.25, 0.3) is 20.0 Å². The molecule has 50 heavy (non-hydrogen) atoms. The van der Waals surface area contributed by atoms with Crippen LogP contribution in [0.25, 0.3) is 22.6 Å². The van der Waals surface area contributed by atoms with E-state index in [9.17, 15) is 26.4 Å². The Morgan fingerprint density at radius 2 is 1.00 bits per heavy atom. The van der Waals surface area contributed by atoms with Gasteiger partial charge in [0, 0.05) is 34.3 Å². The van der Waals surface area contributed by atoms with Crippen LogP contribution >= 0.6 is 22.7 Å². The van der Waals surface area contributed by atoms with Gasteiger partial charge >= 0.3 is 11.8 Å². The first-order valence-electron chi connectivity index (χ1n) is 14.0. The third-order valence-corrected chi connectivity index (χ3v) is 10.7. The predicted octanol–water partition coefficient (Wildman–Crippen LogP) is 4.32. The highest BCUT2D eigenvalue weighted by atomic mass is 32.2. The summed E-state index contributed by atoms with van der Waals surface area (Å²) in [7, 11) is -7.61. The molecule has 0 fully saturated rings. The second-order valence-electron chi connectivity index (χ2n) is 9.74. The van der Waals surface area contributed by atoms with Crippen LogP contribution in [0.5, 0.6) is 0 Å². The van der Waals surface area contributed by atoms with Gasteiger partial charge in [-0.2, -0.15) is 10.2 Å². The summed E-state index contributed by atoms with van der Waals surface area (Å²) in [5.74, 6) is -0.892. The van der Waals surface area contributed by atoms with E-state index in [1.165, 1.54) is 49.1 Å². The first-order chi connectivity index (χ1) is 24.1. The lowest BCUT2D eigenvalue weighted by molar-refractivity contribution is -0.139. The van der Waals surface area contributed by atoms with E-state index in [2.05, 4.69) is 40.5 Å². The Kier molecular flexibility index (Phi) is 9.94. The van der Waals surface area contributed by atoms with Crippen LogP contribution in [0.2, 0.25) is 0 Å². The van der Waals surface area contributed by atoms with E-state index in [-0.39, 0.29) is 31.6 Å². The molecule has 2 amide bonds. The van der Waals surface area contributed by atoms with Crippen molar-refractivity contribution in [1.29, 1.82) is 0 Å². The third-order valence-electron chi connectivity index (χ3n) is 6.38. The monoisotopic (exact) mass is 750 g/mol. The lowest BCUT2D eigenvalue weighted by Gasteiger charge is -2.05. The minimum atomic E-state index is -3.80. The number of hydrazone groups is 2. The predicted molar refractivity (Wildman–Crippen MR) is 186 cm³/mol. The number of carbonyl (C=O) groups is 2. The molecule has 4 aromatic heterocycles. The number of hydrogen-bond acceptors (Lipinski definition) is 14. The van der Waals surface area contributed by atoms with Gasteiger partial charge < -0.3 is 8.83 Å². The highest BCUT2D eigenvalue weighted by molar-refractivity contribution is 7.93. The Morgan fingerprint density at radius 1 is 0.600 bits per heavy atom. The molecule has 16 nitrogen and oxygen atoms in total. The van der Waals surface area contributed by atoms with Gasteiger partial charge in [0.15, 0.2) is 10.3 Å². The summed E-state index contributed by atoms with van der Waals surface area (Å²) in [5, 5.41) is 11.2. The quantitative estimate of drug-likeness (QED) is 0.0787. The van der Waals surface area contributed by atoms with Crippen molar-refractivity contribution in [1.82, 2.24) is 20.8 Å². The molecule has 0 aliphatic rings. The smallest absolute Gasteiger partial charge is 0.331 e. The van der Waals surface area contributed by atoms with Crippen molar-refractivity contribution in [3.05, 3.63) is 107 Å². The Bertz CT molecular complexity index is 2210. The molecule has 0 radical (unpaired) electrons. The van der Waals surface area contributed by atoms with Crippen molar-refractivity contribution >= 4 is 77.2 Å². The van der Waals surface area contributed by atoms with Crippen LogP contribution < -0.4 is 20.3 Å².